The van der Waals surface area contributed by atoms with Crippen molar-refractivity contribution < 1.29 is 9.90 Å². The van der Waals surface area contributed by atoms with Gasteiger partial charge in [0.2, 0.25) is 5.91 Å². The molecule has 3 N–H and O–H groups in total. The van der Waals surface area contributed by atoms with Crippen LogP contribution in [0.1, 0.15) is 25.7 Å². The first kappa shape index (κ1) is 16.1. The Bertz CT molecular complexity index is 930. The van der Waals surface area contributed by atoms with Crippen molar-refractivity contribution in [3.05, 3.63) is 34.8 Å². The number of halogens is 1. The van der Waals surface area contributed by atoms with Crippen LogP contribution >= 0.6 is 15.9 Å². The Balaban J connectivity index is 1.66. The number of nitrogens with zero attached hydrogens (tertiary/aromatic N) is 2. The monoisotopic (exact) mass is 400 g/mol. The summed E-state index contributed by atoms with van der Waals surface area (Å²) in [6.07, 6.45) is 4.12. The van der Waals surface area contributed by atoms with Crippen molar-refractivity contribution in [2.24, 2.45) is 5.92 Å². The third kappa shape index (κ3) is 3.11. The van der Waals surface area contributed by atoms with E-state index < -0.39 is 0 Å². The van der Waals surface area contributed by atoms with Gasteiger partial charge in [0.05, 0.1) is 11.1 Å². The molecule has 6 nitrogen and oxygen atoms in total. The molecule has 0 bridgehead atoms. The van der Waals surface area contributed by atoms with Gasteiger partial charge in [0.15, 0.2) is 11.5 Å². The third-order valence-corrected chi connectivity index (χ3v) is 5.22. The zero-order valence-electron chi connectivity index (χ0n) is 13.4. The second-order valence-electron chi connectivity index (χ2n) is 6.30. The lowest BCUT2D eigenvalue weighted by Gasteiger charge is -2.09. The predicted molar refractivity (Wildman–Crippen MR) is 99.3 cm³/mol. The summed E-state index contributed by atoms with van der Waals surface area (Å²) < 4.78 is 0.795. The van der Waals surface area contributed by atoms with Crippen molar-refractivity contribution >= 4 is 38.7 Å². The second-order valence-corrected chi connectivity index (χ2v) is 7.16. The number of amides is 1. The highest BCUT2D eigenvalue weighted by atomic mass is 79.9. The van der Waals surface area contributed by atoms with Crippen LogP contribution in [0.5, 0.6) is 5.75 Å². The number of aromatic hydroxyl groups is 1. The molecule has 0 radical (unpaired) electrons. The highest BCUT2D eigenvalue weighted by Crippen LogP contribution is 2.33. The first-order valence-electron chi connectivity index (χ1n) is 8.27. The minimum atomic E-state index is 0.0321. The maximum Gasteiger partial charge on any atom is 0.228 e. The van der Waals surface area contributed by atoms with Gasteiger partial charge in [-0.05, 0) is 59.1 Å². The fraction of sp³-hybridized carbons (Fsp3) is 0.278. The summed E-state index contributed by atoms with van der Waals surface area (Å²) in [4.78, 5) is 16.9. The summed E-state index contributed by atoms with van der Waals surface area (Å²) in [6.45, 7) is 0. The molecule has 1 aromatic carbocycles. The lowest BCUT2D eigenvalue weighted by molar-refractivity contribution is -0.119. The number of carbonyl (C=O) groups excluding carboxylic acids is 1. The number of carbonyl (C=O) groups is 1. The van der Waals surface area contributed by atoms with E-state index in [2.05, 4.69) is 36.4 Å². The van der Waals surface area contributed by atoms with Crippen molar-refractivity contribution in [3.8, 4) is 17.0 Å². The molecule has 1 fully saturated rings. The Morgan fingerprint density at radius 1 is 1.24 bits per heavy atom. The highest BCUT2D eigenvalue weighted by Gasteiger charge is 2.24. The summed E-state index contributed by atoms with van der Waals surface area (Å²) >= 11 is 3.54. The molecular formula is C18H17BrN4O2. The maximum atomic E-state index is 12.3. The van der Waals surface area contributed by atoms with Gasteiger partial charge in [-0.25, -0.2) is 4.98 Å². The van der Waals surface area contributed by atoms with Gasteiger partial charge in [-0.15, -0.1) is 0 Å². The molecule has 2 aromatic heterocycles. The van der Waals surface area contributed by atoms with Crippen molar-refractivity contribution in [2.45, 2.75) is 25.7 Å². The Morgan fingerprint density at radius 3 is 2.68 bits per heavy atom. The van der Waals surface area contributed by atoms with E-state index in [0.29, 0.717) is 11.5 Å². The number of anilines is 1. The van der Waals surface area contributed by atoms with Crippen LogP contribution in [0, 0.1) is 5.92 Å². The minimum Gasteiger partial charge on any atom is -0.508 e. The van der Waals surface area contributed by atoms with E-state index in [1.165, 1.54) is 0 Å². The lowest BCUT2D eigenvalue weighted by atomic mass is 10.1. The van der Waals surface area contributed by atoms with E-state index in [1.54, 1.807) is 24.3 Å². The van der Waals surface area contributed by atoms with Crippen molar-refractivity contribution in [3.63, 3.8) is 0 Å². The Labute approximate surface area is 152 Å². The molecule has 0 spiro atoms. The van der Waals surface area contributed by atoms with Gasteiger partial charge in [0.25, 0.3) is 0 Å². The van der Waals surface area contributed by atoms with Gasteiger partial charge < -0.3 is 10.4 Å². The number of pyridine rings is 1. The molecule has 1 aliphatic carbocycles. The molecule has 0 atom stereocenters. The third-order valence-electron chi connectivity index (χ3n) is 4.61. The minimum absolute atomic E-state index is 0.0321. The second kappa shape index (κ2) is 6.48. The number of fused-ring (bicyclic) bond motifs is 1. The van der Waals surface area contributed by atoms with Crippen LogP contribution in [0.2, 0.25) is 0 Å². The molecule has 7 heteroatoms. The van der Waals surface area contributed by atoms with E-state index >= 15 is 0 Å². The fourth-order valence-electron chi connectivity index (χ4n) is 3.25. The van der Waals surface area contributed by atoms with Gasteiger partial charge in [0, 0.05) is 16.0 Å². The number of rotatable bonds is 3. The fourth-order valence-corrected chi connectivity index (χ4v) is 3.79. The van der Waals surface area contributed by atoms with Gasteiger partial charge >= 0.3 is 0 Å². The molecule has 1 aliphatic rings. The zero-order valence-corrected chi connectivity index (χ0v) is 15.0. The smallest absolute Gasteiger partial charge is 0.228 e. The van der Waals surface area contributed by atoms with E-state index in [4.69, 9.17) is 0 Å². The molecular weight excluding hydrogens is 384 g/mol. The molecule has 3 aromatic rings. The largest absolute Gasteiger partial charge is 0.508 e. The molecule has 1 saturated carbocycles. The number of aromatic amines is 1. The van der Waals surface area contributed by atoms with Crippen LogP contribution in [0.4, 0.5) is 5.82 Å². The van der Waals surface area contributed by atoms with E-state index in [0.717, 1.165) is 46.8 Å². The number of H-pyrrole nitrogens is 1. The lowest BCUT2D eigenvalue weighted by Crippen LogP contribution is -2.20. The molecule has 1 amide bonds. The normalized spacial score (nSPS) is 14.9. The van der Waals surface area contributed by atoms with Crippen molar-refractivity contribution in [1.29, 1.82) is 0 Å². The number of phenols is 1. The average Bonchev–Trinajstić information content (AvgIpc) is 3.26. The summed E-state index contributed by atoms with van der Waals surface area (Å²) in [5, 5.41) is 20.2. The summed E-state index contributed by atoms with van der Waals surface area (Å²) in [7, 11) is 0. The molecule has 0 saturated heterocycles. The predicted octanol–water partition coefficient (Wildman–Crippen LogP) is 4.22. The topological polar surface area (TPSA) is 90.9 Å². The van der Waals surface area contributed by atoms with Crippen LogP contribution < -0.4 is 5.32 Å². The van der Waals surface area contributed by atoms with Crippen LogP contribution in [-0.2, 0) is 4.79 Å². The molecule has 128 valence electrons. The number of hydrogen-bond donors (Lipinski definition) is 3. The van der Waals surface area contributed by atoms with Crippen molar-refractivity contribution in [1.82, 2.24) is 15.2 Å². The Kier molecular flexibility index (Phi) is 4.17. The van der Waals surface area contributed by atoms with E-state index in [-0.39, 0.29) is 17.6 Å². The summed E-state index contributed by atoms with van der Waals surface area (Å²) in [5.41, 5.74) is 2.22. The van der Waals surface area contributed by atoms with Gasteiger partial charge in [0.1, 0.15) is 5.75 Å². The average molecular weight is 401 g/mol. The standard InChI is InChI=1S/C18H17BrN4O2/c19-14-9-13-16(20-15(14)10-5-7-12(24)8-6-10)22-23-17(13)21-18(25)11-3-1-2-4-11/h5-9,11,24H,1-4H2,(H2,20,21,22,23,25). The van der Waals surface area contributed by atoms with Crippen LogP contribution in [0.3, 0.4) is 0 Å². The van der Waals surface area contributed by atoms with E-state index in [9.17, 15) is 9.90 Å². The summed E-state index contributed by atoms with van der Waals surface area (Å²) in [5.74, 6) is 0.834. The number of benzene rings is 1. The number of aromatic nitrogens is 3. The van der Waals surface area contributed by atoms with Gasteiger partial charge in [-0.2, -0.15) is 5.10 Å². The van der Waals surface area contributed by atoms with Crippen LogP contribution in [-0.4, -0.2) is 26.2 Å². The first-order chi connectivity index (χ1) is 12.1. The molecule has 4 rings (SSSR count). The summed E-state index contributed by atoms with van der Waals surface area (Å²) in [6, 6.07) is 8.74. The van der Waals surface area contributed by atoms with Crippen molar-refractivity contribution in [2.75, 3.05) is 5.32 Å². The van der Waals surface area contributed by atoms with Crippen LogP contribution in [0.25, 0.3) is 22.3 Å². The number of phenolic OH excluding ortho intramolecular Hbond substituents is 1. The molecule has 0 unspecified atom stereocenters. The molecule has 25 heavy (non-hydrogen) atoms. The SMILES string of the molecule is O=C(Nc1n[nH]c2nc(-c3ccc(O)cc3)c(Br)cc12)C1CCCC1. The quantitative estimate of drug-likeness (QED) is 0.613. The maximum absolute atomic E-state index is 12.3. The number of nitrogens with one attached hydrogen (secondary N) is 2. The van der Waals surface area contributed by atoms with Gasteiger partial charge in [-0.1, -0.05) is 12.8 Å². The van der Waals surface area contributed by atoms with Gasteiger partial charge in [-0.3, -0.25) is 9.89 Å². The highest BCUT2D eigenvalue weighted by molar-refractivity contribution is 9.10. The van der Waals surface area contributed by atoms with Crippen LogP contribution in [0.15, 0.2) is 34.8 Å². The van der Waals surface area contributed by atoms with E-state index in [1.807, 2.05) is 6.07 Å². The zero-order chi connectivity index (χ0) is 17.4. The Hall–Kier alpha value is -2.41. The molecule has 0 aliphatic heterocycles. The molecule has 2 heterocycles. The first-order valence-corrected chi connectivity index (χ1v) is 9.06. The Morgan fingerprint density at radius 2 is 1.96 bits per heavy atom. The number of hydrogen-bond acceptors (Lipinski definition) is 4.